The first-order valence-corrected chi connectivity index (χ1v) is 6.36. The molecule has 0 spiro atoms. The minimum Gasteiger partial charge on any atom is -0.399 e. The molecule has 0 saturated carbocycles. The summed E-state index contributed by atoms with van der Waals surface area (Å²) in [7, 11) is 0. The summed E-state index contributed by atoms with van der Waals surface area (Å²) in [5.74, 6) is 0. The second kappa shape index (κ2) is 4.49. The van der Waals surface area contributed by atoms with Gasteiger partial charge in [-0.2, -0.15) is 0 Å². The summed E-state index contributed by atoms with van der Waals surface area (Å²) in [5.41, 5.74) is 16.1. The third kappa shape index (κ3) is 1.90. The van der Waals surface area contributed by atoms with Crippen LogP contribution in [0.25, 0.3) is 11.1 Å². The first kappa shape index (κ1) is 12.7. The van der Waals surface area contributed by atoms with E-state index in [-0.39, 0.29) is 0 Å². The maximum Gasteiger partial charge on any atom is 0.0314 e. The number of benzene rings is 2. The summed E-state index contributed by atoms with van der Waals surface area (Å²) < 4.78 is 0. The fourth-order valence-corrected chi connectivity index (χ4v) is 2.58. The fourth-order valence-electron chi connectivity index (χ4n) is 2.58. The number of rotatable bonds is 1. The van der Waals surface area contributed by atoms with Crippen LogP contribution in [0.5, 0.6) is 0 Å². The molecule has 2 rings (SSSR count). The smallest absolute Gasteiger partial charge is 0.0314 e. The van der Waals surface area contributed by atoms with Crippen molar-refractivity contribution in [1.29, 1.82) is 0 Å². The molecule has 0 heterocycles. The quantitative estimate of drug-likeness (QED) is 0.730. The van der Waals surface area contributed by atoms with Crippen LogP contribution in [0.3, 0.4) is 0 Å². The summed E-state index contributed by atoms with van der Waals surface area (Å²) in [4.78, 5) is 0. The van der Waals surface area contributed by atoms with Gasteiger partial charge in [0, 0.05) is 5.69 Å². The third-order valence-electron chi connectivity index (χ3n) is 4.20. The first-order valence-electron chi connectivity index (χ1n) is 6.36. The molecule has 1 nitrogen and oxygen atoms in total. The van der Waals surface area contributed by atoms with E-state index < -0.39 is 0 Å². The summed E-state index contributed by atoms with van der Waals surface area (Å²) in [6.07, 6.45) is 0. The largest absolute Gasteiger partial charge is 0.399 e. The number of nitrogens with two attached hydrogens (primary N) is 1. The van der Waals surface area contributed by atoms with E-state index in [9.17, 15) is 0 Å². The molecule has 1 heteroatoms. The second-order valence-electron chi connectivity index (χ2n) is 5.12. The maximum atomic E-state index is 5.76. The van der Waals surface area contributed by atoms with Gasteiger partial charge in [0.05, 0.1) is 0 Å². The van der Waals surface area contributed by atoms with Crippen molar-refractivity contribution in [3.63, 3.8) is 0 Å². The van der Waals surface area contributed by atoms with Gasteiger partial charge in [-0.15, -0.1) is 0 Å². The van der Waals surface area contributed by atoms with E-state index in [0.29, 0.717) is 0 Å². The van der Waals surface area contributed by atoms with Crippen molar-refractivity contribution in [3.05, 3.63) is 52.1 Å². The van der Waals surface area contributed by atoms with Crippen molar-refractivity contribution in [3.8, 4) is 11.1 Å². The van der Waals surface area contributed by atoms with Gasteiger partial charge >= 0.3 is 0 Å². The summed E-state index contributed by atoms with van der Waals surface area (Å²) in [5, 5.41) is 0. The molecule has 0 bridgehead atoms. The maximum absolute atomic E-state index is 5.76. The van der Waals surface area contributed by atoms with Crippen LogP contribution in [-0.4, -0.2) is 0 Å². The van der Waals surface area contributed by atoms with E-state index in [0.717, 1.165) is 5.69 Å². The van der Waals surface area contributed by atoms with Crippen LogP contribution < -0.4 is 5.73 Å². The molecular formula is C17H21N. The number of hydrogen-bond acceptors (Lipinski definition) is 1. The number of hydrogen-bond donors (Lipinski definition) is 1. The molecule has 0 aliphatic rings. The van der Waals surface area contributed by atoms with Crippen molar-refractivity contribution in [2.45, 2.75) is 34.6 Å². The van der Waals surface area contributed by atoms with E-state index in [4.69, 9.17) is 5.73 Å². The summed E-state index contributed by atoms with van der Waals surface area (Å²) in [6.45, 7) is 11.0. The Bertz CT molecular complexity index is 563. The second-order valence-corrected chi connectivity index (χ2v) is 5.12. The van der Waals surface area contributed by atoms with Crippen molar-refractivity contribution < 1.29 is 0 Å². The SMILES string of the molecule is Cc1c(C)c(C)c(-c2ccc(N)cc2)c(C)c1C. The molecule has 0 saturated heterocycles. The molecule has 2 N–H and O–H groups in total. The molecule has 0 aromatic heterocycles. The molecule has 0 aliphatic heterocycles. The van der Waals surface area contributed by atoms with Crippen LogP contribution in [-0.2, 0) is 0 Å². The lowest BCUT2D eigenvalue weighted by Crippen LogP contribution is -1.99. The van der Waals surface area contributed by atoms with Crippen molar-refractivity contribution in [2.75, 3.05) is 5.73 Å². The van der Waals surface area contributed by atoms with Crippen LogP contribution in [0.1, 0.15) is 27.8 Å². The van der Waals surface area contributed by atoms with E-state index in [2.05, 4.69) is 46.8 Å². The highest BCUT2D eigenvalue weighted by atomic mass is 14.5. The average molecular weight is 239 g/mol. The molecule has 0 radical (unpaired) electrons. The van der Waals surface area contributed by atoms with Crippen LogP contribution >= 0.6 is 0 Å². The zero-order chi connectivity index (χ0) is 13.4. The fraction of sp³-hybridized carbons (Fsp3) is 0.294. The molecular weight excluding hydrogens is 218 g/mol. The Kier molecular flexibility index (Phi) is 3.16. The molecule has 18 heavy (non-hydrogen) atoms. The van der Waals surface area contributed by atoms with E-state index >= 15 is 0 Å². The van der Waals surface area contributed by atoms with Gasteiger partial charge in [-0.1, -0.05) is 12.1 Å². The van der Waals surface area contributed by atoms with E-state index in [1.54, 1.807) is 0 Å². The van der Waals surface area contributed by atoms with Crippen LogP contribution in [0.2, 0.25) is 0 Å². The molecule has 0 atom stereocenters. The molecule has 0 fully saturated rings. The molecule has 0 unspecified atom stereocenters. The average Bonchev–Trinajstić information content (AvgIpc) is 2.36. The van der Waals surface area contributed by atoms with Gasteiger partial charge in [0.25, 0.3) is 0 Å². The van der Waals surface area contributed by atoms with E-state index in [1.165, 1.54) is 38.9 Å². The monoisotopic (exact) mass is 239 g/mol. The molecule has 0 amide bonds. The van der Waals surface area contributed by atoms with Gasteiger partial charge in [0.1, 0.15) is 0 Å². The first-order chi connectivity index (χ1) is 8.43. The van der Waals surface area contributed by atoms with Gasteiger partial charge < -0.3 is 5.73 Å². The highest BCUT2D eigenvalue weighted by Gasteiger charge is 2.13. The number of nitrogen functional groups attached to an aromatic ring is 1. The predicted octanol–water partition coefficient (Wildman–Crippen LogP) is 4.48. The highest BCUT2D eigenvalue weighted by Crippen LogP contribution is 2.34. The Balaban J connectivity index is 2.75. The Morgan fingerprint density at radius 2 is 1.00 bits per heavy atom. The standard InChI is InChI=1S/C17H21N/c1-10-11(2)13(4)17(14(5)12(10)3)15-6-8-16(18)9-7-15/h6-9H,18H2,1-5H3. The molecule has 94 valence electrons. The van der Waals surface area contributed by atoms with Crippen LogP contribution in [0.15, 0.2) is 24.3 Å². The van der Waals surface area contributed by atoms with Crippen molar-refractivity contribution in [2.24, 2.45) is 0 Å². The van der Waals surface area contributed by atoms with Gasteiger partial charge in [0.15, 0.2) is 0 Å². The Morgan fingerprint density at radius 3 is 1.44 bits per heavy atom. The Labute approximate surface area is 110 Å². The minimum atomic E-state index is 0.814. The lowest BCUT2D eigenvalue weighted by molar-refractivity contribution is 1.18. The molecule has 0 aliphatic carbocycles. The van der Waals surface area contributed by atoms with Gasteiger partial charge in [-0.25, -0.2) is 0 Å². The number of anilines is 1. The lowest BCUT2D eigenvalue weighted by Gasteiger charge is -2.19. The van der Waals surface area contributed by atoms with Crippen LogP contribution in [0.4, 0.5) is 5.69 Å². The normalized spacial score (nSPS) is 10.7. The minimum absolute atomic E-state index is 0.814. The Hall–Kier alpha value is -1.76. The van der Waals surface area contributed by atoms with Crippen LogP contribution in [0, 0.1) is 34.6 Å². The predicted molar refractivity (Wildman–Crippen MR) is 80.0 cm³/mol. The van der Waals surface area contributed by atoms with Crippen molar-refractivity contribution in [1.82, 2.24) is 0 Å². The molecule has 2 aromatic carbocycles. The summed E-state index contributed by atoms with van der Waals surface area (Å²) >= 11 is 0. The van der Waals surface area contributed by atoms with Crippen molar-refractivity contribution >= 4 is 5.69 Å². The highest BCUT2D eigenvalue weighted by molar-refractivity contribution is 5.75. The van der Waals surface area contributed by atoms with Gasteiger partial charge in [0.2, 0.25) is 0 Å². The van der Waals surface area contributed by atoms with Gasteiger partial charge in [-0.05, 0) is 85.7 Å². The topological polar surface area (TPSA) is 26.0 Å². The Morgan fingerprint density at radius 1 is 0.611 bits per heavy atom. The summed E-state index contributed by atoms with van der Waals surface area (Å²) in [6, 6.07) is 8.16. The van der Waals surface area contributed by atoms with E-state index in [1.807, 2.05) is 12.1 Å². The molecule has 2 aromatic rings. The zero-order valence-corrected chi connectivity index (χ0v) is 11.9. The zero-order valence-electron chi connectivity index (χ0n) is 11.9. The lowest BCUT2D eigenvalue weighted by atomic mass is 9.86. The third-order valence-corrected chi connectivity index (χ3v) is 4.20. The van der Waals surface area contributed by atoms with Gasteiger partial charge in [-0.3, -0.25) is 0 Å².